The third-order valence-electron chi connectivity index (χ3n) is 2.30. The topological polar surface area (TPSA) is 79.3 Å². The van der Waals surface area contributed by atoms with Crippen LogP contribution in [-0.2, 0) is 9.59 Å². The lowest BCUT2D eigenvalue weighted by Gasteiger charge is -2.25. The Hall–Kier alpha value is -1.91. The average Bonchev–Trinajstić information content (AvgIpc) is 2.15. The van der Waals surface area contributed by atoms with Crippen LogP contribution in [0.4, 0.5) is 5.69 Å². The maximum Gasteiger partial charge on any atom is 0.316 e. The van der Waals surface area contributed by atoms with Gasteiger partial charge in [-0.3, -0.25) is 14.6 Å². The number of anilines is 1. The van der Waals surface area contributed by atoms with Gasteiger partial charge in [0.2, 0.25) is 5.91 Å². The normalized spacial score (nSPS) is 12.9. The SMILES string of the molecule is CC(C)(C)C(C(=O)O)C(=O)Nc1cccnc1. The van der Waals surface area contributed by atoms with Crippen molar-refractivity contribution in [3.8, 4) is 0 Å². The molecule has 0 saturated carbocycles. The summed E-state index contributed by atoms with van der Waals surface area (Å²) in [5.41, 5.74) is -0.147. The van der Waals surface area contributed by atoms with Gasteiger partial charge in [0, 0.05) is 6.20 Å². The molecule has 0 fully saturated rings. The van der Waals surface area contributed by atoms with E-state index in [0.717, 1.165) is 0 Å². The summed E-state index contributed by atoms with van der Waals surface area (Å²) in [7, 11) is 0. The van der Waals surface area contributed by atoms with Crippen LogP contribution in [0.1, 0.15) is 20.8 Å². The number of hydrogen-bond donors (Lipinski definition) is 2. The molecule has 17 heavy (non-hydrogen) atoms. The van der Waals surface area contributed by atoms with Gasteiger partial charge >= 0.3 is 5.97 Å². The number of amides is 1. The van der Waals surface area contributed by atoms with Gasteiger partial charge < -0.3 is 10.4 Å². The summed E-state index contributed by atoms with van der Waals surface area (Å²) in [5.74, 6) is -2.75. The lowest BCUT2D eigenvalue weighted by Crippen LogP contribution is -2.39. The van der Waals surface area contributed by atoms with E-state index in [1.165, 1.54) is 6.20 Å². The summed E-state index contributed by atoms with van der Waals surface area (Å²) in [4.78, 5) is 26.8. The molecule has 0 aliphatic carbocycles. The van der Waals surface area contributed by atoms with Gasteiger partial charge in [-0.15, -0.1) is 0 Å². The summed E-state index contributed by atoms with van der Waals surface area (Å²) >= 11 is 0. The van der Waals surface area contributed by atoms with Gasteiger partial charge in [0.15, 0.2) is 0 Å². The second-order valence-corrected chi connectivity index (χ2v) is 4.87. The van der Waals surface area contributed by atoms with Crippen LogP contribution in [0.5, 0.6) is 0 Å². The molecule has 2 N–H and O–H groups in total. The maximum atomic E-state index is 11.9. The minimum absolute atomic E-state index is 0.494. The molecular weight excluding hydrogens is 220 g/mol. The summed E-state index contributed by atoms with van der Waals surface area (Å²) in [6.45, 7) is 5.15. The fourth-order valence-electron chi connectivity index (χ4n) is 1.53. The summed E-state index contributed by atoms with van der Waals surface area (Å²) < 4.78 is 0. The number of nitrogens with zero attached hydrogens (tertiary/aromatic N) is 1. The Labute approximate surface area is 99.9 Å². The second-order valence-electron chi connectivity index (χ2n) is 4.87. The number of carbonyl (C=O) groups excluding carboxylic acids is 1. The van der Waals surface area contributed by atoms with Crippen molar-refractivity contribution in [2.24, 2.45) is 11.3 Å². The van der Waals surface area contributed by atoms with E-state index in [9.17, 15) is 9.59 Å². The van der Waals surface area contributed by atoms with E-state index in [1.54, 1.807) is 39.1 Å². The number of aliphatic carboxylic acids is 1. The average molecular weight is 236 g/mol. The first-order valence-corrected chi connectivity index (χ1v) is 5.26. The largest absolute Gasteiger partial charge is 0.481 e. The standard InChI is InChI=1S/C12H16N2O3/c1-12(2,3)9(11(16)17)10(15)14-8-5-4-6-13-7-8/h4-7,9H,1-3H3,(H,14,15)(H,16,17). The zero-order valence-corrected chi connectivity index (χ0v) is 10.1. The summed E-state index contributed by atoms with van der Waals surface area (Å²) in [6.07, 6.45) is 3.05. The van der Waals surface area contributed by atoms with Crippen molar-refractivity contribution in [3.05, 3.63) is 24.5 Å². The second kappa shape index (κ2) is 4.95. The number of carbonyl (C=O) groups is 2. The van der Waals surface area contributed by atoms with Crippen molar-refractivity contribution >= 4 is 17.6 Å². The third-order valence-corrected chi connectivity index (χ3v) is 2.30. The quantitative estimate of drug-likeness (QED) is 0.784. The van der Waals surface area contributed by atoms with Crippen LogP contribution in [-0.4, -0.2) is 22.0 Å². The molecule has 0 spiro atoms. The molecule has 5 nitrogen and oxygen atoms in total. The van der Waals surface area contributed by atoms with Crippen molar-refractivity contribution < 1.29 is 14.7 Å². The Morgan fingerprint density at radius 1 is 1.41 bits per heavy atom. The van der Waals surface area contributed by atoms with Crippen LogP contribution in [0.15, 0.2) is 24.5 Å². The Bertz CT molecular complexity index is 410. The van der Waals surface area contributed by atoms with E-state index in [0.29, 0.717) is 5.69 Å². The van der Waals surface area contributed by atoms with Crippen LogP contribution in [0.25, 0.3) is 0 Å². The molecule has 0 aromatic carbocycles. The molecule has 0 aliphatic heterocycles. The molecular formula is C12H16N2O3. The molecule has 1 rings (SSSR count). The Kier molecular flexibility index (Phi) is 3.83. The van der Waals surface area contributed by atoms with E-state index < -0.39 is 23.2 Å². The zero-order valence-electron chi connectivity index (χ0n) is 10.1. The van der Waals surface area contributed by atoms with Gasteiger partial charge in [0.25, 0.3) is 0 Å². The fourth-order valence-corrected chi connectivity index (χ4v) is 1.53. The summed E-state index contributed by atoms with van der Waals surface area (Å²) in [5, 5.41) is 11.6. The maximum absolute atomic E-state index is 11.9. The monoisotopic (exact) mass is 236 g/mol. The highest BCUT2D eigenvalue weighted by Gasteiger charge is 2.37. The first kappa shape index (κ1) is 13.2. The van der Waals surface area contributed by atoms with Crippen molar-refractivity contribution in [2.75, 3.05) is 5.32 Å². The van der Waals surface area contributed by atoms with Crippen molar-refractivity contribution in [1.29, 1.82) is 0 Å². The highest BCUT2D eigenvalue weighted by atomic mass is 16.4. The smallest absolute Gasteiger partial charge is 0.316 e. The van der Waals surface area contributed by atoms with Crippen molar-refractivity contribution in [2.45, 2.75) is 20.8 Å². The minimum atomic E-state index is -1.13. The van der Waals surface area contributed by atoms with E-state index in [-0.39, 0.29) is 0 Å². The zero-order chi connectivity index (χ0) is 13.1. The molecule has 1 aromatic heterocycles. The Morgan fingerprint density at radius 2 is 2.06 bits per heavy atom. The number of carboxylic acids is 1. The molecule has 92 valence electrons. The number of rotatable bonds is 3. The van der Waals surface area contributed by atoms with E-state index in [1.807, 2.05) is 0 Å². The number of carboxylic acid groups (broad SMARTS) is 1. The Morgan fingerprint density at radius 3 is 2.47 bits per heavy atom. The van der Waals surface area contributed by atoms with E-state index in [4.69, 9.17) is 5.11 Å². The minimum Gasteiger partial charge on any atom is -0.481 e. The molecule has 0 radical (unpaired) electrons. The molecule has 0 aliphatic rings. The van der Waals surface area contributed by atoms with Crippen LogP contribution in [0, 0.1) is 11.3 Å². The summed E-state index contributed by atoms with van der Waals surface area (Å²) in [6, 6.07) is 3.33. The third kappa shape index (κ3) is 3.55. The number of nitrogens with one attached hydrogen (secondary N) is 1. The molecule has 1 heterocycles. The first-order valence-electron chi connectivity index (χ1n) is 5.26. The van der Waals surface area contributed by atoms with Gasteiger partial charge in [-0.25, -0.2) is 0 Å². The van der Waals surface area contributed by atoms with Crippen LogP contribution < -0.4 is 5.32 Å². The lowest BCUT2D eigenvalue weighted by molar-refractivity contribution is -0.149. The van der Waals surface area contributed by atoms with Crippen LogP contribution in [0.3, 0.4) is 0 Å². The fraction of sp³-hybridized carbons (Fsp3) is 0.417. The van der Waals surface area contributed by atoms with Gasteiger partial charge in [-0.2, -0.15) is 0 Å². The van der Waals surface area contributed by atoms with Gasteiger partial charge in [-0.1, -0.05) is 20.8 Å². The number of aromatic nitrogens is 1. The van der Waals surface area contributed by atoms with Crippen molar-refractivity contribution in [1.82, 2.24) is 4.98 Å². The molecule has 0 bridgehead atoms. The molecule has 1 aromatic rings. The van der Waals surface area contributed by atoms with E-state index in [2.05, 4.69) is 10.3 Å². The molecule has 0 saturated heterocycles. The first-order chi connectivity index (χ1) is 7.82. The highest BCUT2D eigenvalue weighted by molar-refractivity contribution is 6.04. The number of hydrogen-bond acceptors (Lipinski definition) is 3. The molecule has 1 amide bonds. The molecule has 1 atom stereocenters. The van der Waals surface area contributed by atoms with Crippen LogP contribution in [0.2, 0.25) is 0 Å². The van der Waals surface area contributed by atoms with Gasteiger partial charge in [0.1, 0.15) is 5.92 Å². The highest BCUT2D eigenvalue weighted by Crippen LogP contribution is 2.27. The molecule has 1 unspecified atom stereocenters. The Balaban J connectivity index is 2.84. The predicted octanol–water partition coefficient (Wildman–Crippen LogP) is 1.77. The van der Waals surface area contributed by atoms with E-state index >= 15 is 0 Å². The van der Waals surface area contributed by atoms with Gasteiger partial charge in [0.05, 0.1) is 11.9 Å². The predicted molar refractivity (Wildman–Crippen MR) is 63.4 cm³/mol. The molecule has 5 heteroatoms. The van der Waals surface area contributed by atoms with Crippen molar-refractivity contribution in [3.63, 3.8) is 0 Å². The number of pyridine rings is 1. The van der Waals surface area contributed by atoms with Gasteiger partial charge in [-0.05, 0) is 17.5 Å². The lowest BCUT2D eigenvalue weighted by atomic mass is 9.80. The van der Waals surface area contributed by atoms with Crippen LogP contribution >= 0.6 is 0 Å².